The van der Waals surface area contributed by atoms with Crippen LogP contribution in [0.1, 0.15) is 51.9 Å². The van der Waals surface area contributed by atoms with E-state index in [1.165, 1.54) is 51.5 Å². The molecule has 0 bridgehead atoms. The van der Waals surface area contributed by atoms with Gasteiger partial charge in [-0.15, -0.1) is 0 Å². The van der Waals surface area contributed by atoms with E-state index in [0.717, 1.165) is 17.9 Å². The van der Waals surface area contributed by atoms with E-state index in [9.17, 15) is 0 Å². The van der Waals surface area contributed by atoms with E-state index < -0.39 is 0 Å². The molecule has 15 heavy (non-hydrogen) atoms. The maximum Gasteiger partial charge on any atom is 0.00979 e. The Morgan fingerprint density at radius 1 is 1.13 bits per heavy atom. The van der Waals surface area contributed by atoms with Crippen molar-refractivity contribution >= 4 is 0 Å². The van der Waals surface area contributed by atoms with E-state index in [0.29, 0.717) is 6.04 Å². The van der Waals surface area contributed by atoms with Gasteiger partial charge in [0, 0.05) is 12.1 Å². The third-order valence-corrected chi connectivity index (χ3v) is 4.51. The van der Waals surface area contributed by atoms with Crippen LogP contribution in [0.15, 0.2) is 0 Å². The van der Waals surface area contributed by atoms with Gasteiger partial charge in [0.1, 0.15) is 0 Å². The van der Waals surface area contributed by atoms with Crippen LogP contribution in [0.4, 0.5) is 0 Å². The summed E-state index contributed by atoms with van der Waals surface area (Å²) in [7, 11) is 0. The summed E-state index contributed by atoms with van der Waals surface area (Å²) in [6.45, 7) is 3.58. The molecular formula is C13H26N2. The minimum Gasteiger partial charge on any atom is -0.328 e. The fourth-order valence-corrected chi connectivity index (χ4v) is 3.31. The lowest BCUT2D eigenvalue weighted by molar-refractivity contribution is 0.187. The number of piperidine rings is 1. The van der Waals surface area contributed by atoms with Gasteiger partial charge in [0.05, 0.1) is 0 Å². The van der Waals surface area contributed by atoms with E-state index in [-0.39, 0.29) is 0 Å². The molecule has 2 rings (SSSR count). The molecule has 2 fully saturated rings. The number of nitrogens with two attached hydrogens (primary N) is 1. The zero-order valence-electron chi connectivity index (χ0n) is 10.0. The highest BCUT2D eigenvalue weighted by molar-refractivity contribution is 4.87. The fourth-order valence-electron chi connectivity index (χ4n) is 3.31. The van der Waals surface area contributed by atoms with Gasteiger partial charge >= 0.3 is 0 Å². The molecule has 0 aromatic heterocycles. The highest BCUT2D eigenvalue weighted by Gasteiger charge is 2.29. The first-order chi connectivity index (χ1) is 7.29. The molecule has 0 aromatic carbocycles. The quantitative estimate of drug-likeness (QED) is 0.734. The van der Waals surface area contributed by atoms with Gasteiger partial charge < -0.3 is 11.1 Å². The summed E-state index contributed by atoms with van der Waals surface area (Å²) < 4.78 is 0. The topological polar surface area (TPSA) is 38.0 Å². The lowest BCUT2D eigenvalue weighted by Gasteiger charge is -2.38. The van der Waals surface area contributed by atoms with Gasteiger partial charge in [0.25, 0.3) is 0 Å². The predicted molar refractivity (Wildman–Crippen MR) is 64.7 cm³/mol. The van der Waals surface area contributed by atoms with Crippen LogP contribution < -0.4 is 11.1 Å². The second kappa shape index (κ2) is 5.31. The van der Waals surface area contributed by atoms with Crippen molar-refractivity contribution in [1.29, 1.82) is 0 Å². The standard InChI is InChI=1S/C13H26N2/c1-2-10-7-8-15-13(9-10)11-3-5-12(14)6-4-11/h10-13,15H,2-9,14H2,1H3. The van der Waals surface area contributed by atoms with Crippen molar-refractivity contribution in [2.45, 2.75) is 64.0 Å². The number of hydrogen-bond acceptors (Lipinski definition) is 2. The van der Waals surface area contributed by atoms with Gasteiger partial charge in [0.15, 0.2) is 0 Å². The molecule has 1 heterocycles. The summed E-state index contributed by atoms with van der Waals surface area (Å²) in [6, 6.07) is 1.29. The smallest absolute Gasteiger partial charge is 0.00979 e. The molecule has 1 saturated heterocycles. The third-order valence-electron chi connectivity index (χ3n) is 4.51. The Kier molecular flexibility index (Phi) is 4.04. The zero-order chi connectivity index (χ0) is 10.7. The average Bonchev–Trinajstić information content (AvgIpc) is 2.30. The number of hydrogen-bond donors (Lipinski definition) is 2. The molecular weight excluding hydrogens is 184 g/mol. The molecule has 88 valence electrons. The Morgan fingerprint density at radius 3 is 2.53 bits per heavy atom. The zero-order valence-corrected chi connectivity index (χ0v) is 10.0. The molecule has 2 nitrogen and oxygen atoms in total. The minimum absolute atomic E-state index is 0.492. The van der Waals surface area contributed by atoms with Gasteiger partial charge in [-0.25, -0.2) is 0 Å². The molecule has 0 aromatic rings. The molecule has 1 aliphatic carbocycles. The fraction of sp³-hybridized carbons (Fsp3) is 1.00. The molecule has 0 amide bonds. The first kappa shape index (κ1) is 11.4. The van der Waals surface area contributed by atoms with E-state index in [4.69, 9.17) is 5.73 Å². The van der Waals surface area contributed by atoms with Crippen molar-refractivity contribution in [3.63, 3.8) is 0 Å². The molecule has 0 spiro atoms. The Bertz CT molecular complexity index is 185. The molecule has 2 unspecified atom stereocenters. The van der Waals surface area contributed by atoms with E-state index >= 15 is 0 Å². The van der Waals surface area contributed by atoms with Crippen molar-refractivity contribution in [3.05, 3.63) is 0 Å². The van der Waals surface area contributed by atoms with E-state index in [1.54, 1.807) is 0 Å². The van der Waals surface area contributed by atoms with Crippen LogP contribution in [-0.4, -0.2) is 18.6 Å². The maximum absolute atomic E-state index is 5.96. The van der Waals surface area contributed by atoms with Crippen molar-refractivity contribution in [1.82, 2.24) is 5.32 Å². The molecule has 2 atom stereocenters. The molecule has 1 aliphatic heterocycles. The van der Waals surface area contributed by atoms with Crippen LogP contribution in [0.3, 0.4) is 0 Å². The van der Waals surface area contributed by atoms with Crippen LogP contribution in [-0.2, 0) is 0 Å². The van der Waals surface area contributed by atoms with Crippen LogP contribution in [0.2, 0.25) is 0 Å². The van der Waals surface area contributed by atoms with Crippen molar-refractivity contribution in [2.24, 2.45) is 17.6 Å². The van der Waals surface area contributed by atoms with Crippen LogP contribution in [0.25, 0.3) is 0 Å². The van der Waals surface area contributed by atoms with E-state index in [1.807, 2.05) is 0 Å². The summed E-state index contributed by atoms with van der Waals surface area (Å²) in [5.41, 5.74) is 5.96. The van der Waals surface area contributed by atoms with Gasteiger partial charge in [-0.2, -0.15) is 0 Å². The molecule has 3 N–H and O–H groups in total. The Labute approximate surface area is 94.0 Å². The SMILES string of the molecule is CCC1CCNC(C2CCC(N)CC2)C1. The largest absolute Gasteiger partial charge is 0.328 e. The summed E-state index contributed by atoms with van der Waals surface area (Å²) in [5, 5.41) is 3.73. The lowest BCUT2D eigenvalue weighted by atomic mass is 9.76. The molecule has 0 radical (unpaired) electrons. The lowest BCUT2D eigenvalue weighted by Crippen LogP contribution is -2.45. The van der Waals surface area contributed by atoms with Gasteiger partial charge in [0.2, 0.25) is 0 Å². The monoisotopic (exact) mass is 210 g/mol. The molecule has 1 saturated carbocycles. The third kappa shape index (κ3) is 2.94. The molecule has 2 heteroatoms. The second-order valence-electron chi connectivity index (χ2n) is 5.53. The van der Waals surface area contributed by atoms with Gasteiger partial charge in [-0.3, -0.25) is 0 Å². The first-order valence-corrected chi connectivity index (χ1v) is 6.78. The Balaban J connectivity index is 1.82. The normalized spacial score (nSPS) is 42.8. The van der Waals surface area contributed by atoms with Crippen molar-refractivity contribution < 1.29 is 0 Å². The average molecular weight is 210 g/mol. The molecule has 2 aliphatic rings. The van der Waals surface area contributed by atoms with Crippen molar-refractivity contribution in [2.75, 3.05) is 6.54 Å². The maximum atomic E-state index is 5.96. The number of rotatable bonds is 2. The summed E-state index contributed by atoms with van der Waals surface area (Å²) in [5.74, 6) is 1.89. The van der Waals surface area contributed by atoms with Crippen LogP contribution in [0, 0.1) is 11.8 Å². The van der Waals surface area contributed by atoms with Gasteiger partial charge in [-0.1, -0.05) is 13.3 Å². The predicted octanol–water partition coefficient (Wildman–Crippen LogP) is 2.28. The summed E-state index contributed by atoms with van der Waals surface area (Å²) in [6.07, 6.45) is 9.38. The minimum atomic E-state index is 0.492. The Morgan fingerprint density at radius 2 is 1.87 bits per heavy atom. The Hall–Kier alpha value is -0.0800. The van der Waals surface area contributed by atoms with Crippen LogP contribution >= 0.6 is 0 Å². The summed E-state index contributed by atoms with van der Waals surface area (Å²) >= 11 is 0. The van der Waals surface area contributed by atoms with Crippen LogP contribution in [0.5, 0.6) is 0 Å². The van der Waals surface area contributed by atoms with Gasteiger partial charge in [-0.05, 0) is 56.9 Å². The highest BCUT2D eigenvalue weighted by Crippen LogP contribution is 2.31. The van der Waals surface area contributed by atoms with E-state index in [2.05, 4.69) is 12.2 Å². The summed E-state index contributed by atoms with van der Waals surface area (Å²) in [4.78, 5) is 0. The highest BCUT2D eigenvalue weighted by atomic mass is 14.9. The second-order valence-corrected chi connectivity index (χ2v) is 5.53. The first-order valence-electron chi connectivity index (χ1n) is 6.78. The van der Waals surface area contributed by atoms with Crippen molar-refractivity contribution in [3.8, 4) is 0 Å². The number of nitrogens with one attached hydrogen (secondary N) is 1.